The number of amides is 2. The fourth-order valence-corrected chi connectivity index (χ4v) is 1.47. The van der Waals surface area contributed by atoms with Crippen molar-refractivity contribution in [1.29, 1.82) is 0 Å². The maximum absolute atomic E-state index is 11.4. The summed E-state index contributed by atoms with van der Waals surface area (Å²) in [6.45, 7) is 2.14. The quantitative estimate of drug-likeness (QED) is 0.672. The summed E-state index contributed by atoms with van der Waals surface area (Å²) < 4.78 is 1.69. The van der Waals surface area contributed by atoms with Crippen molar-refractivity contribution < 1.29 is 14.7 Å². The van der Waals surface area contributed by atoms with Gasteiger partial charge >= 0.3 is 12.0 Å². The van der Waals surface area contributed by atoms with E-state index in [1.807, 2.05) is 13.2 Å². The van der Waals surface area contributed by atoms with E-state index in [9.17, 15) is 9.59 Å². The Morgan fingerprint density at radius 1 is 1.56 bits per heavy atom. The molecule has 0 spiro atoms. The largest absolute Gasteiger partial charge is 0.480 e. The van der Waals surface area contributed by atoms with Crippen LogP contribution in [-0.4, -0.2) is 39.5 Å². The molecule has 1 rings (SSSR count). The number of urea groups is 1. The highest BCUT2D eigenvalue weighted by molar-refractivity contribution is 5.82. The Hall–Kier alpha value is -2.05. The summed E-state index contributed by atoms with van der Waals surface area (Å²) in [7, 11) is 1.82. The minimum Gasteiger partial charge on any atom is -0.480 e. The molecule has 7 nitrogen and oxygen atoms in total. The van der Waals surface area contributed by atoms with Gasteiger partial charge in [-0.2, -0.15) is 5.10 Å². The number of hydrogen-bond acceptors (Lipinski definition) is 3. The van der Waals surface area contributed by atoms with E-state index in [0.29, 0.717) is 19.4 Å². The third kappa shape index (κ3) is 4.44. The second kappa shape index (κ2) is 6.63. The molecule has 100 valence electrons. The Balaban J connectivity index is 2.26. The van der Waals surface area contributed by atoms with Crippen molar-refractivity contribution in [3.63, 3.8) is 0 Å². The van der Waals surface area contributed by atoms with Crippen molar-refractivity contribution in [1.82, 2.24) is 20.4 Å². The highest BCUT2D eigenvalue weighted by Gasteiger charge is 2.16. The number of aliphatic carboxylic acids is 1. The van der Waals surface area contributed by atoms with Crippen LogP contribution in [0.2, 0.25) is 0 Å². The summed E-state index contributed by atoms with van der Waals surface area (Å²) in [4.78, 5) is 22.1. The highest BCUT2D eigenvalue weighted by Crippen LogP contribution is 1.96. The number of carbonyl (C=O) groups excluding carboxylic acids is 1. The molecule has 0 aliphatic carbocycles. The van der Waals surface area contributed by atoms with Crippen LogP contribution in [0.15, 0.2) is 12.4 Å². The van der Waals surface area contributed by atoms with Crippen LogP contribution >= 0.6 is 0 Å². The average molecular weight is 254 g/mol. The van der Waals surface area contributed by atoms with Gasteiger partial charge in [0.1, 0.15) is 6.04 Å². The van der Waals surface area contributed by atoms with Gasteiger partial charge in [-0.15, -0.1) is 0 Å². The van der Waals surface area contributed by atoms with Crippen LogP contribution in [0.5, 0.6) is 0 Å². The Labute approximate surface area is 105 Å². The lowest BCUT2D eigenvalue weighted by atomic mass is 10.2. The molecule has 0 aliphatic heterocycles. The van der Waals surface area contributed by atoms with Crippen LogP contribution in [0, 0.1) is 0 Å². The number of aryl methyl sites for hydroxylation is 1. The van der Waals surface area contributed by atoms with Gasteiger partial charge in [0.2, 0.25) is 0 Å². The first-order valence-electron chi connectivity index (χ1n) is 5.77. The number of carboxylic acids is 1. The predicted molar refractivity (Wildman–Crippen MR) is 65.2 cm³/mol. The lowest BCUT2D eigenvalue weighted by Gasteiger charge is -2.12. The smallest absolute Gasteiger partial charge is 0.326 e. The van der Waals surface area contributed by atoms with Crippen molar-refractivity contribution in [2.45, 2.75) is 25.8 Å². The van der Waals surface area contributed by atoms with Gasteiger partial charge in [0, 0.05) is 19.8 Å². The van der Waals surface area contributed by atoms with E-state index < -0.39 is 18.0 Å². The number of carbonyl (C=O) groups is 2. The third-order valence-electron chi connectivity index (χ3n) is 2.47. The summed E-state index contributed by atoms with van der Waals surface area (Å²) in [6.07, 6.45) is 4.61. The summed E-state index contributed by atoms with van der Waals surface area (Å²) in [5.41, 5.74) is 1.02. The molecule has 2 amide bonds. The van der Waals surface area contributed by atoms with Crippen LogP contribution in [0.4, 0.5) is 4.79 Å². The van der Waals surface area contributed by atoms with Gasteiger partial charge in [-0.25, -0.2) is 9.59 Å². The fraction of sp³-hybridized carbons (Fsp3) is 0.545. The van der Waals surface area contributed by atoms with E-state index in [-0.39, 0.29) is 0 Å². The molecule has 1 heterocycles. The van der Waals surface area contributed by atoms with Crippen molar-refractivity contribution in [2.24, 2.45) is 7.05 Å². The number of aromatic nitrogens is 2. The molecule has 1 aromatic rings. The van der Waals surface area contributed by atoms with Crippen molar-refractivity contribution in [3.05, 3.63) is 18.0 Å². The van der Waals surface area contributed by atoms with E-state index >= 15 is 0 Å². The zero-order valence-corrected chi connectivity index (χ0v) is 10.5. The molecule has 1 aromatic heterocycles. The first-order valence-corrected chi connectivity index (χ1v) is 5.77. The van der Waals surface area contributed by atoms with Gasteiger partial charge in [-0.05, 0) is 18.4 Å². The fourth-order valence-electron chi connectivity index (χ4n) is 1.47. The van der Waals surface area contributed by atoms with Gasteiger partial charge < -0.3 is 15.7 Å². The van der Waals surface area contributed by atoms with Crippen LogP contribution in [0.25, 0.3) is 0 Å². The molecule has 7 heteroatoms. The van der Waals surface area contributed by atoms with E-state index in [2.05, 4.69) is 15.7 Å². The topological polar surface area (TPSA) is 96.3 Å². The zero-order valence-electron chi connectivity index (χ0n) is 10.5. The number of nitrogens with one attached hydrogen (secondary N) is 2. The highest BCUT2D eigenvalue weighted by atomic mass is 16.4. The standard InChI is InChI=1S/C11H18N4O3/c1-3-9(10(16)17)14-11(18)12-5-4-8-6-13-15(2)7-8/h6-7,9H,3-5H2,1-2H3,(H,16,17)(H2,12,14,18)/t9-/m0/s1. The number of hydrogen-bond donors (Lipinski definition) is 3. The van der Waals surface area contributed by atoms with E-state index in [1.165, 1.54) is 0 Å². The Kier molecular flexibility index (Phi) is 5.16. The van der Waals surface area contributed by atoms with E-state index in [4.69, 9.17) is 5.11 Å². The van der Waals surface area contributed by atoms with Crippen molar-refractivity contribution >= 4 is 12.0 Å². The molecule has 0 bridgehead atoms. The van der Waals surface area contributed by atoms with E-state index in [1.54, 1.807) is 17.8 Å². The second-order valence-electron chi connectivity index (χ2n) is 3.97. The van der Waals surface area contributed by atoms with Crippen LogP contribution in [-0.2, 0) is 18.3 Å². The summed E-state index contributed by atoms with van der Waals surface area (Å²) in [5.74, 6) is -1.03. The van der Waals surface area contributed by atoms with E-state index in [0.717, 1.165) is 5.56 Å². The minimum atomic E-state index is -1.03. The van der Waals surface area contributed by atoms with Crippen LogP contribution < -0.4 is 10.6 Å². The zero-order chi connectivity index (χ0) is 13.5. The predicted octanol–water partition coefficient (Wildman–Crippen LogP) is 0.125. The Morgan fingerprint density at radius 2 is 2.28 bits per heavy atom. The molecule has 3 N–H and O–H groups in total. The number of carboxylic acid groups (broad SMARTS) is 1. The molecular formula is C11H18N4O3. The van der Waals surface area contributed by atoms with Gasteiger partial charge in [-0.1, -0.05) is 6.92 Å². The van der Waals surface area contributed by atoms with Crippen LogP contribution in [0.1, 0.15) is 18.9 Å². The van der Waals surface area contributed by atoms with Gasteiger partial charge in [0.25, 0.3) is 0 Å². The lowest BCUT2D eigenvalue weighted by molar-refractivity contribution is -0.139. The minimum absolute atomic E-state index is 0.353. The number of rotatable bonds is 6. The van der Waals surface area contributed by atoms with Crippen molar-refractivity contribution in [2.75, 3.05) is 6.54 Å². The molecule has 18 heavy (non-hydrogen) atoms. The molecule has 1 atom stereocenters. The molecule has 0 radical (unpaired) electrons. The molecule has 0 aliphatic rings. The maximum atomic E-state index is 11.4. The molecule has 0 saturated carbocycles. The van der Waals surface area contributed by atoms with Gasteiger partial charge in [0.05, 0.1) is 6.20 Å². The van der Waals surface area contributed by atoms with Gasteiger partial charge in [0.15, 0.2) is 0 Å². The first kappa shape index (κ1) is 14.0. The molecule has 0 unspecified atom stereocenters. The van der Waals surface area contributed by atoms with Gasteiger partial charge in [-0.3, -0.25) is 4.68 Å². The molecule has 0 aromatic carbocycles. The summed E-state index contributed by atoms with van der Waals surface area (Å²) in [5, 5.41) is 17.8. The SMILES string of the molecule is CC[C@H](NC(=O)NCCc1cnn(C)c1)C(=O)O. The summed E-state index contributed by atoms with van der Waals surface area (Å²) >= 11 is 0. The Bertz CT molecular complexity index is 416. The Morgan fingerprint density at radius 3 is 2.78 bits per heavy atom. The third-order valence-corrected chi connectivity index (χ3v) is 2.47. The second-order valence-corrected chi connectivity index (χ2v) is 3.97. The lowest BCUT2D eigenvalue weighted by Crippen LogP contribution is -2.46. The monoisotopic (exact) mass is 254 g/mol. The maximum Gasteiger partial charge on any atom is 0.326 e. The summed E-state index contributed by atoms with van der Waals surface area (Å²) in [6, 6.07) is -1.31. The molecule has 0 fully saturated rings. The van der Waals surface area contributed by atoms with Crippen molar-refractivity contribution in [3.8, 4) is 0 Å². The first-order chi connectivity index (χ1) is 8.52. The molecular weight excluding hydrogens is 236 g/mol. The van der Waals surface area contributed by atoms with Crippen LogP contribution in [0.3, 0.4) is 0 Å². The average Bonchev–Trinajstić information content (AvgIpc) is 2.71. The normalized spacial score (nSPS) is 11.9. The molecule has 0 saturated heterocycles. The number of nitrogens with zero attached hydrogens (tertiary/aromatic N) is 2.